The Balaban J connectivity index is 0.000000355. The SMILES string of the molecule is C#C.CN1CCC(O)(CC(=N)C(N)=O)CC1.CN=Cc1cc(-c2cc(CCCCCCC(=O)c3ccon3)no2)ccc1N. The van der Waals surface area contributed by atoms with Gasteiger partial charge < -0.3 is 30.5 Å². The van der Waals surface area contributed by atoms with Crippen molar-refractivity contribution in [3.63, 3.8) is 0 Å². The molecule has 1 saturated heterocycles. The highest BCUT2D eigenvalue weighted by Gasteiger charge is 2.33. The third-order valence-corrected chi connectivity index (χ3v) is 7.23. The Bertz CT molecular complexity index is 1390. The molecule has 0 radical (unpaired) electrons. The molecule has 0 saturated carbocycles. The molecule has 0 aliphatic carbocycles. The first kappa shape index (κ1) is 35.6. The summed E-state index contributed by atoms with van der Waals surface area (Å²) >= 11 is 0. The van der Waals surface area contributed by atoms with Crippen LogP contribution in [-0.2, 0) is 11.2 Å². The van der Waals surface area contributed by atoms with E-state index in [2.05, 4.69) is 37.6 Å². The molecule has 0 atom stereocenters. The van der Waals surface area contributed by atoms with E-state index in [-0.39, 0.29) is 17.9 Å². The van der Waals surface area contributed by atoms with Gasteiger partial charge >= 0.3 is 0 Å². The van der Waals surface area contributed by atoms with Gasteiger partial charge in [0.05, 0.1) is 17.0 Å². The quantitative estimate of drug-likeness (QED) is 0.0733. The fourth-order valence-electron chi connectivity index (χ4n) is 4.60. The summed E-state index contributed by atoms with van der Waals surface area (Å²) in [5.74, 6) is 0.0159. The van der Waals surface area contributed by atoms with Gasteiger partial charge in [-0.25, -0.2) is 0 Å². The minimum absolute atomic E-state index is 0.0332. The lowest BCUT2D eigenvalue weighted by atomic mass is 9.86. The van der Waals surface area contributed by atoms with E-state index in [4.69, 9.17) is 21.4 Å². The third kappa shape index (κ3) is 11.6. The number of rotatable bonds is 13. The zero-order chi connectivity index (χ0) is 32.5. The smallest absolute Gasteiger partial charge is 0.262 e. The van der Waals surface area contributed by atoms with Crippen LogP contribution in [0.1, 0.15) is 73.1 Å². The van der Waals surface area contributed by atoms with Crippen LogP contribution in [0, 0.1) is 18.3 Å². The number of anilines is 1. The average molecular weight is 606 g/mol. The standard InChI is InChI=1S/C21H24N4O3.C9H17N3O2.C2H2/c1-23-14-16-12-15(8-9-18(16)22)21-13-17(24-28-21)6-4-2-3-5-7-20(26)19-10-11-27-25-19;1-12-4-2-9(14,3-5-12)6-7(10)8(11)13;1-2/h8-14H,2-7,22H2,1H3;10,14H,2-6H2,1H3,(H2,11,13);1-2H. The van der Waals surface area contributed by atoms with E-state index in [1.807, 2.05) is 31.3 Å². The Hall–Kier alpha value is -4.60. The summed E-state index contributed by atoms with van der Waals surface area (Å²) in [6, 6.07) is 9.27. The molecule has 12 nitrogen and oxygen atoms in total. The highest BCUT2D eigenvalue weighted by molar-refractivity contribution is 6.37. The Morgan fingerprint density at radius 3 is 2.48 bits per heavy atom. The number of carbonyl (C=O) groups excluding carboxylic acids is 2. The molecule has 0 bridgehead atoms. The van der Waals surface area contributed by atoms with Crippen molar-refractivity contribution in [3.05, 3.63) is 53.5 Å². The molecule has 236 valence electrons. The van der Waals surface area contributed by atoms with Gasteiger partial charge in [-0.15, -0.1) is 12.8 Å². The number of aryl methyl sites for hydroxylation is 1. The number of terminal acetylenes is 1. The van der Waals surface area contributed by atoms with E-state index in [9.17, 15) is 14.7 Å². The number of aliphatic imine (C=N–C) groups is 1. The molecule has 12 heteroatoms. The van der Waals surface area contributed by atoms with Crippen LogP contribution in [0.2, 0.25) is 0 Å². The second-order valence-corrected chi connectivity index (χ2v) is 10.7. The number of carbonyl (C=O) groups is 2. The van der Waals surface area contributed by atoms with Gasteiger partial charge in [0.2, 0.25) is 0 Å². The number of nitrogens with two attached hydrogens (primary N) is 2. The van der Waals surface area contributed by atoms with E-state index in [0.29, 0.717) is 30.6 Å². The number of hydrogen-bond acceptors (Lipinski definition) is 11. The van der Waals surface area contributed by atoms with Gasteiger partial charge in [0.15, 0.2) is 11.5 Å². The number of Topliss-reactive ketones (excluding diaryl/α,β-unsaturated/α-hetero) is 1. The molecule has 44 heavy (non-hydrogen) atoms. The molecule has 3 aromatic rings. The van der Waals surface area contributed by atoms with Crippen LogP contribution < -0.4 is 11.5 Å². The number of hydrogen-bond donors (Lipinski definition) is 4. The molecule has 1 aromatic carbocycles. The first-order valence-corrected chi connectivity index (χ1v) is 14.4. The van der Waals surface area contributed by atoms with Gasteiger partial charge in [-0.3, -0.25) is 20.0 Å². The lowest BCUT2D eigenvalue weighted by Gasteiger charge is -2.36. The van der Waals surface area contributed by atoms with E-state index in [0.717, 1.165) is 67.8 Å². The minimum atomic E-state index is -0.904. The highest BCUT2D eigenvalue weighted by Crippen LogP contribution is 2.26. The molecule has 0 unspecified atom stereocenters. The number of piperidine rings is 1. The number of nitrogens with zero attached hydrogens (tertiary/aromatic N) is 4. The van der Waals surface area contributed by atoms with Gasteiger partial charge in [-0.1, -0.05) is 23.2 Å². The Kier molecular flexibility index (Phi) is 14.7. The molecule has 2 aromatic heterocycles. The van der Waals surface area contributed by atoms with Crippen molar-refractivity contribution in [1.29, 1.82) is 5.41 Å². The summed E-state index contributed by atoms with van der Waals surface area (Å²) in [5.41, 5.74) is 13.6. The third-order valence-electron chi connectivity index (χ3n) is 7.23. The number of primary amides is 1. The van der Waals surface area contributed by atoms with Crippen molar-refractivity contribution in [3.8, 4) is 24.2 Å². The van der Waals surface area contributed by atoms with E-state index < -0.39 is 11.5 Å². The van der Waals surface area contributed by atoms with E-state index >= 15 is 0 Å². The number of nitrogen functional groups attached to an aromatic ring is 1. The van der Waals surface area contributed by atoms with Crippen molar-refractivity contribution < 1.29 is 23.7 Å². The number of aliphatic hydroxyl groups is 1. The second-order valence-electron chi connectivity index (χ2n) is 10.7. The largest absolute Gasteiger partial charge is 0.398 e. The van der Waals surface area contributed by atoms with Crippen LogP contribution >= 0.6 is 0 Å². The molecule has 1 fully saturated rings. The van der Waals surface area contributed by atoms with Crippen LogP contribution in [0.25, 0.3) is 11.3 Å². The van der Waals surface area contributed by atoms with E-state index in [1.54, 1.807) is 19.3 Å². The molecular formula is C32H43N7O5. The van der Waals surface area contributed by atoms with Crippen LogP contribution in [0.5, 0.6) is 0 Å². The number of unbranched alkanes of at least 4 members (excludes halogenated alkanes) is 3. The Morgan fingerprint density at radius 1 is 1.14 bits per heavy atom. The van der Waals surface area contributed by atoms with Crippen molar-refractivity contribution in [2.24, 2.45) is 10.7 Å². The summed E-state index contributed by atoms with van der Waals surface area (Å²) in [5, 5.41) is 25.2. The Labute approximate surface area is 258 Å². The monoisotopic (exact) mass is 605 g/mol. The van der Waals surface area contributed by atoms with Gasteiger partial charge in [0, 0.05) is 68.1 Å². The summed E-state index contributed by atoms with van der Waals surface area (Å²) in [4.78, 5) is 28.6. The predicted molar refractivity (Wildman–Crippen MR) is 171 cm³/mol. The van der Waals surface area contributed by atoms with Crippen molar-refractivity contribution in [2.75, 3.05) is 32.9 Å². The molecule has 1 aliphatic rings. The van der Waals surface area contributed by atoms with Gasteiger partial charge in [-0.2, -0.15) is 0 Å². The first-order valence-electron chi connectivity index (χ1n) is 14.4. The topological polar surface area (TPSA) is 198 Å². The summed E-state index contributed by atoms with van der Waals surface area (Å²) in [6.07, 6.45) is 17.6. The summed E-state index contributed by atoms with van der Waals surface area (Å²) in [7, 11) is 3.70. The predicted octanol–water partition coefficient (Wildman–Crippen LogP) is 3.92. The maximum Gasteiger partial charge on any atom is 0.262 e. The molecule has 1 aliphatic heterocycles. The first-order chi connectivity index (χ1) is 21.1. The van der Waals surface area contributed by atoms with E-state index in [1.165, 1.54) is 6.26 Å². The molecule has 4 rings (SSSR count). The van der Waals surface area contributed by atoms with Gasteiger partial charge in [0.25, 0.3) is 5.91 Å². The normalized spacial score (nSPS) is 14.2. The molecule has 0 spiro atoms. The molecule has 6 N–H and O–H groups in total. The summed E-state index contributed by atoms with van der Waals surface area (Å²) < 4.78 is 10.2. The van der Waals surface area contributed by atoms with Crippen LogP contribution in [0.3, 0.4) is 0 Å². The lowest BCUT2D eigenvalue weighted by molar-refractivity contribution is -0.112. The zero-order valence-electron chi connectivity index (χ0n) is 25.5. The number of nitrogens with one attached hydrogen (secondary N) is 1. The highest BCUT2D eigenvalue weighted by atomic mass is 16.5. The number of ketones is 1. The number of amides is 1. The number of benzene rings is 1. The second kappa shape index (κ2) is 18.1. The maximum atomic E-state index is 11.8. The lowest BCUT2D eigenvalue weighted by Crippen LogP contribution is -2.45. The van der Waals surface area contributed by atoms with Crippen molar-refractivity contribution in [1.82, 2.24) is 15.2 Å². The number of aromatic nitrogens is 2. The van der Waals surface area contributed by atoms with Crippen LogP contribution in [-0.4, -0.2) is 76.7 Å². The number of likely N-dealkylation sites (tertiary alicyclic amines) is 1. The minimum Gasteiger partial charge on any atom is -0.398 e. The molecule has 1 amide bonds. The van der Waals surface area contributed by atoms with Gasteiger partial charge in [0.1, 0.15) is 12.0 Å². The van der Waals surface area contributed by atoms with Crippen molar-refractivity contribution >= 4 is 29.3 Å². The van der Waals surface area contributed by atoms with Crippen LogP contribution in [0.15, 0.2) is 50.6 Å². The van der Waals surface area contributed by atoms with Crippen molar-refractivity contribution in [2.45, 2.75) is 63.4 Å². The fraction of sp³-hybridized carbons (Fsp3) is 0.438. The molecule has 3 heterocycles. The molecular weight excluding hydrogens is 562 g/mol. The summed E-state index contributed by atoms with van der Waals surface area (Å²) in [6.45, 7) is 1.59. The Morgan fingerprint density at radius 2 is 1.84 bits per heavy atom. The maximum absolute atomic E-state index is 11.8. The fourth-order valence-corrected chi connectivity index (χ4v) is 4.60. The average Bonchev–Trinajstić information content (AvgIpc) is 3.72. The van der Waals surface area contributed by atoms with Gasteiger partial charge in [-0.05, 0) is 57.4 Å². The van der Waals surface area contributed by atoms with Crippen LogP contribution in [0.4, 0.5) is 5.69 Å². The zero-order valence-corrected chi connectivity index (χ0v) is 25.5.